The Hall–Kier alpha value is -3.81. The van der Waals surface area contributed by atoms with Crippen LogP contribution in [0.4, 0.5) is 23.1 Å². The van der Waals surface area contributed by atoms with E-state index in [4.69, 9.17) is 9.47 Å². The molecule has 0 aliphatic carbocycles. The van der Waals surface area contributed by atoms with E-state index in [2.05, 4.69) is 25.5 Å². The lowest BCUT2D eigenvalue weighted by molar-refractivity contribution is 0.101. The molecule has 3 heterocycles. The van der Waals surface area contributed by atoms with Gasteiger partial charge >= 0.3 is 0 Å². The summed E-state index contributed by atoms with van der Waals surface area (Å²) in [6.07, 6.45) is 2.40. The molecule has 1 aromatic heterocycles. The average Bonchev–Trinajstić information content (AvgIpc) is 3.35. The number of anilines is 4. The molecule has 0 atom stereocenters. The van der Waals surface area contributed by atoms with Crippen molar-refractivity contribution in [1.82, 2.24) is 9.97 Å². The predicted octanol–water partition coefficient (Wildman–Crippen LogP) is 4.15. The molecule has 0 spiro atoms. The van der Waals surface area contributed by atoms with Gasteiger partial charge in [-0.1, -0.05) is 6.07 Å². The van der Waals surface area contributed by atoms with Crippen LogP contribution < -0.4 is 25.0 Å². The minimum absolute atomic E-state index is 0.245. The van der Waals surface area contributed by atoms with Crippen LogP contribution in [-0.2, 0) is 0 Å². The third-order valence-electron chi connectivity index (χ3n) is 5.48. The Morgan fingerprint density at radius 2 is 1.72 bits per heavy atom. The third-order valence-corrected chi connectivity index (χ3v) is 5.48. The minimum Gasteiger partial charge on any atom is -0.486 e. The van der Waals surface area contributed by atoms with Gasteiger partial charge in [-0.05, 0) is 56.2 Å². The molecule has 8 heteroatoms. The molecule has 0 unspecified atom stereocenters. The highest BCUT2D eigenvalue weighted by Gasteiger charge is 2.20. The van der Waals surface area contributed by atoms with Crippen molar-refractivity contribution in [2.75, 3.05) is 41.8 Å². The number of rotatable bonds is 5. The maximum Gasteiger partial charge on any atom is 0.259 e. The van der Waals surface area contributed by atoms with Crippen LogP contribution in [-0.4, -0.2) is 42.2 Å². The quantitative estimate of drug-likeness (QED) is 0.627. The van der Waals surface area contributed by atoms with Gasteiger partial charge in [0.25, 0.3) is 5.91 Å². The van der Waals surface area contributed by atoms with Gasteiger partial charge in [0.15, 0.2) is 11.5 Å². The number of nitrogens with zero attached hydrogens (tertiary/aromatic N) is 3. The first-order valence-corrected chi connectivity index (χ1v) is 10.8. The maximum absolute atomic E-state index is 12.8. The van der Waals surface area contributed by atoms with Gasteiger partial charge in [-0.3, -0.25) is 4.79 Å². The van der Waals surface area contributed by atoms with E-state index in [0.717, 1.165) is 30.3 Å². The summed E-state index contributed by atoms with van der Waals surface area (Å²) in [4.78, 5) is 24.2. The number of hydrogen-bond donors (Lipinski definition) is 2. The Labute approximate surface area is 186 Å². The molecule has 3 aromatic rings. The number of hydrogen-bond acceptors (Lipinski definition) is 7. The largest absolute Gasteiger partial charge is 0.486 e. The zero-order valence-corrected chi connectivity index (χ0v) is 17.9. The zero-order chi connectivity index (χ0) is 21.9. The Bertz CT molecular complexity index is 1130. The molecule has 8 nitrogen and oxygen atoms in total. The molecule has 1 saturated heterocycles. The SMILES string of the molecule is Cc1cc(N2CCCC2)nc(Nc2ccc(NC(=O)c3cccc4c3OCCO4)cc2)n1. The number of para-hydroxylation sites is 1. The molecule has 2 aliphatic rings. The number of amides is 1. The van der Waals surface area contributed by atoms with E-state index in [1.165, 1.54) is 12.8 Å². The summed E-state index contributed by atoms with van der Waals surface area (Å²) >= 11 is 0. The number of benzene rings is 2. The predicted molar refractivity (Wildman–Crippen MR) is 123 cm³/mol. The standard InChI is InChI=1S/C24H25N5O3/c1-16-15-21(29-11-2-3-12-29)28-24(25-16)27-18-9-7-17(8-10-18)26-23(30)19-5-4-6-20-22(19)32-14-13-31-20/h4-10,15H,2-3,11-14H2,1H3,(H,26,30)(H,25,27,28). The van der Waals surface area contributed by atoms with Gasteiger partial charge in [-0.2, -0.15) is 4.98 Å². The normalized spacial score (nSPS) is 14.8. The number of carbonyl (C=O) groups excluding carboxylic acids is 1. The molecule has 32 heavy (non-hydrogen) atoms. The average molecular weight is 431 g/mol. The monoisotopic (exact) mass is 431 g/mol. The first-order chi connectivity index (χ1) is 15.7. The lowest BCUT2D eigenvalue weighted by Crippen LogP contribution is -2.20. The molecule has 5 rings (SSSR count). The van der Waals surface area contributed by atoms with E-state index >= 15 is 0 Å². The van der Waals surface area contributed by atoms with Crippen LogP contribution in [0.2, 0.25) is 0 Å². The van der Waals surface area contributed by atoms with Gasteiger partial charge < -0.3 is 25.0 Å². The van der Waals surface area contributed by atoms with E-state index in [1.54, 1.807) is 18.2 Å². The second kappa shape index (κ2) is 8.74. The molecule has 1 amide bonds. The first kappa shape index (κ1) is 20.1. The second-order valence-electron chi connectivity index (χ2n) is 7.87. The van der Waals surface area contributed by atoms with Crippen LogP contribution >= 0.6 is 0 Å². The van der Waals surface area contributed by atoms with Crippen LogP contribution in [0, 0.1) is 6.92 Å². The summed E-state index contributed by atoms with van der Waals surface area (Å²) in [5.74, 6) is 2.36. The van der Waals surface area contributed by atoms with Gasteiger partial charge in [0.05, 0.1) is 5.56 Å². The van der Waals surface area contributed by atoms with E-state index in [-0.39, 0.29) is 5.91 Å². The van der Waals surface area contributed by atoms with Crippen molar-refractivity contribution in [2.24, 2.45) is 0 Å². The van der Waals surface area contributed by atoms with Crippen molar-refractivity contribution < 1.29 is 14.3 Å². The van der Waals surface area contributed by atoms with Crippen molar-refractivity contribution >= 4 is 29.0 Å². The van der Waals surface area contributed by atoms with Gasteiger partial charge in [-0.15, -0.1) is 0 Å². The lowest BCUT2D eigenvalue weighted by atomic mass is 10.1. The minimum atomic E-state index is -0.245. The molecular weight excluding hydrogens is 406 g/mol. The molecule has 0 bridgehead atoms. The smallest absolute Gasteiger partial charge is 0.259 e. The second-order valence-corrected chi connectivity index (χ2v) is 7.87. The fourth-order valence-electron chi connectivity index (χ4n) is 3.93. The van der Waals surface area contributed by atoms with Gasteiger partial charge in [0, 0.05) is 36.2 Å². The number of fused-ring (bicyclic) bond motifs is 1. The van der Waals surface area contributed by atoms with Crippen LogP contribution in [0.15, 0.2) is 48.5 Å². The summed E-state index contributed by atoms with van der Waals surface area (Å²) in [5, 5.41) is 6.18. The number of carbonyl (C=O) groups is 1. The molecule has 0 radical (unpaired) electrons. The van der Waals surface area contributed by atoms with Crippen LogP contribution in [0.1, 0.15) is 28.9 Å². The highest BCUT2D eigenvalue weighted by atomic mass is 16.6. The van der Waals surface area contributed by atoms with Gasteiger partial charge in [-0.25, -0.2) is 4.98 Å². The summed E-state index contributed by atoms with van der Waals surface area (Å²) in [7, 11) is 0. The van der Waals surface area contributed by atoms with Crippen molar-refractivity contribution in [3.63, 3.8) is 0 Å². The van der Waals surface area contributed by atoms with E-state index in [1.807, 2.05) is 37.3 Å². The summed E-state index contributed by atoms with van der Waals surface area (Å²) < 4.78 is 11.2. The maximum atomic E-state index is 12.8. The molecule has 2 aromatic carbocycles. The highest BCUT2D eigenvalue weighted by Crippen LogP contribution is 2.34. The summed E-state index contributed by atoms with van der Waals surface area (Å²) in [6.45, 7) is 4.95. The topological polar surface area (TPSA) is 88.6 Å². The molecule has 0 saturated carbocycles. The Morgan fingerprint density at radius 1 is 0.969 bits per heavy atom. The van der Waals surface area contributed by atoms with Crippen molar-refractivity contribution in [3.8, 4) is 11.5 Å². The van der Waals surface area contributed by atoms with Gasteiger partial charge in [0.2, 0.25) is 5.95 Å². The molecule has 1 fully saturated rings. The molecule has 2 N–H and O–H groups in total. The van der Waals surface area contributed by atoms with E-state index < -0.39 is 0 Å². The van der Waals surface area contributed by atoms with E-state index in [0.29, 0.717) is 41.9 Å². The Balaban J connectivity index is 1.27. The zero-order valence-electron chi connectivity index (χ0n) is 17.9. The number of aryl methyl sites for hydroxylation is 1. The van der Waals surface area contributed by atoms with Crippen LogP contribution in [0.25, 0.3) is 0 Å². The highest BCUT2D eigenvalue weighted by molar-refractivity contribution is 6.06. The van der Waals surface area contributed by atoms with Crippen LogP contribution in [0.5, 0.6) is 11.5 Å². The number of aromatic nitrogens is 2. The Kier molecular flexibility index (Phi) is 5.49. The Morgan fingerprint density at radius 3 is 2.53 bits per heavy atom. The van der Waals surface area contributed by atoms with Crippen molar-refractivity contribution in [2.45, 2.75) is 19.8 Å². The molecule has 2 aliphatic heterocycles. The van der Waals surface area contributed by atoms with Crippen molar-refractivity contribution in [3.05, 3.63) is 59.8 Å². The fraction of sp³-hybridized carbons (Fsp3) is 0.292. The molecule has 164 valence electrons. The first-order valence-electron chi connectivity index (χ1n) is 10.8. The van der Waals surface area contributed by atoms with Crippen LogP contribution in [0.3, 0.4) is 0 Å². The number of nitrogens with one attached hydrogen (secondary N) is 2. The van der Waals surface area contributed by atoms with E-state index in [9.17, 15) is 4.79 Å². The summed E-state index contributed by atoms with van der Waals surface area (Å²) in [6, 6.07) is 14.8. The third kappa shape index (κ3) is 4.30. The molecular formula is C24H25N5O3. The van der Waals surface area contributed by atoms with Crippen molar-refractivity contribution in [1.29, 1.82) is 0 Å². The fourth-order valence-corrected chi connectivity index (χ4v) is 3.93. The van der Waals surface area contributed by atoms with Gasteiger partial charge in [0.1, 0.15) is 19.0 Å². The summed E-state index contributed by atoms with van der Waals surface area (Å²) in [5.41, 5.74) is 2.89. The number of ether oxygens (including phenoxy) is 2. The lowest BCUT2D eigenvalue weighted by Gasteiger charge is -2.20.